The molecule has 0 aliphatic rings. The van der Waals surface area contributed by atoms with Crippen LogP contribution in [0.1, 0.15) is 129 Å². The van der Waals surface area contributed by atoms with E-state index in [4.69, 9.17) is 18.5 Å². The molecule has 0 spiro atoms. The van der Waals surface area contributed by atoms with Crippen molar-refractivity contribution in [1.29, 1.82) is 0 Å². The van der Waals surface area contributed by atoms with Crippen LogP contribution in [-0.4, -0.2) is 74.9 Å². The molecule has 0 aromatic rings. The number of hydrogen-bond donors (Lipinski definition) is 1. The Morgan fingerprint density at radius 1 is 0.738 bits per heavy atom. The second-order valence-electron chi connectivity index (χ2n) is 12.2. The lowest BCUT2D eigenvalue weighted by Crippen LogP contribution is -2.38. The van der Waals surface area contributed by atoms with E-state index in [1.165, 1.54) is 32.1 Å². The molecular formula is C32H63NO8P+. The zero-order valence-corrected chi connectivity index (χ0v) is 28.4. The molecule has 0 saturated heterocycles. The lowest BCUT2D eigenvalue weighted by Gasteiger charge is -2.26. The monoisotopic (exact) mass is 620 g/mol. The van der Waals surface area contributed by atoms with E-state index in [-0.39, 0.29) is 32.0 Å². The number of carbonyl (C=O) groups excluding carboxylic acids is 2. The van der Waals surface area contributed by atoms with E-state index in [1.54, 1.807) is 0 Å². The van der Waals surface area contributed by atoms with Crippen molar-refractivity contribution in [2.75, 3.05) is 47.5 Å². The molecular weight excluding hydrogens is 557 g/mol. The van der Waals surface area contributed by atoms with Crippen LogP contribution in [-0.2, 0) is 28.1 Å². The average molecular weight is 621 g/mol. The molecule has 248 valence electrons. The number of phosphoric ester groups is 1. The Balaban J connectivity index is 4.39. The van der Waals surface area contributed by atoms with Gasteiger partial charge in [-0.1, -0.05) is 90.2 Å². The number of quaternary nitrogens is 1. The lowest BCUT2D eigenvalue weighted by atomic mass is 10.1. The van der Waals surface area contributed by atoms with E-state index in [9.17, 15) is 19.4 Å². The van der Waals surface area contributed by atoms with E-state index in [1.807, 2.05) is 21.1 Å². The molecule has 0 bridgehead atoms. The van der Waals surface area contributed by atoms with Gasteiger partial charge in [0.05, 0.1) is 21.1 Å². The Morgan fingerprint density at radius 3 is 1.81 bits per heavy atom. The first-order valence-electron chi connectivity index (χ1n) is 16.4. The maximum absolute atomic E-state index is 12.4. The number of hydrogen-bond acceptors (Lipinski definition) is 8. The number of esters is 2. The standard InChI is InChI=1S/C32H62NO8P/c1-6-8-10-12-13-14-15-16-17-18-19-21-22-24-31(34)38-28-30(41-32(35)25-23-20-11-9-7-2)29-40-42(36,37)39-27-26-33(3,4)5/h14-15,30H,6-13,16-29H2,1-5H3/p+1/b15-14-/t30-/m1/s1. The van der Waals surface area contributed by atoms with Crippen molar-refractivity contribution in [1.82, 2.24) is 0 Å². The van der Waals surface area contributed by atoms with Crippen LogP contribution in [0.2, 0.25) is 0 Å². The van der Waals surface area contributed by atoms with E-state index in [0.717, 1.165) is 64.2 Å². The smallest absolute Gasteiger partial charge is 0.377 e. The first kappa shape index (κ1) is 40.9. The maximum Gasteiger partial charge on any atom is 0.377 e. The minimum atomic E-state index is -4.35. The number of unbranched alkanes of at least 4 members (excludes halogenated alkanes) is 13. The van der Waals surface area contributed by atoms with E-state index in [0.29, 0.717) is 17.4 Å². The van der Waals surface area contributed by atoms with E-state index < -0.39 is 26.9 Å². The SMILES string of the molecule is CCCCCC/C=C\CCCCCCCC(=O)OC[C@H](CO[P+]([O-])(O)OCC[N+](C)(C)C)OC(=O)CCCCCCC. The quantitative estimate of drug-likeness (QED) is 0.0318. The summed E-state index contributed by atoms with van der Waals surface area (Å²) in [5.41, 5.74) is 0. The molecule has 0 aromatic carbocycles. The first-order valence-corrected chi connectivity index (χ1v) is 17.9. The highest BCUT2D eigenvalue weighted by Crippen LogP contribution is 2.47. The van der Waals surface area contributed by atoms with Crippen molar-refractivity contribution >= 4 is 20.1 Å². The highest BCUT2D eigenvalue weighted by molar-refractivity contribution is 7.52. The molecule has 42 heavy (non-hydrogen) atoms. The summed E-state index contributed by atoms with van der Waals surface area (Å²) in [6.45, 7) is 4.27. The van der Waals surface area contributed by atoms with Crippen molar-refractivity contribution in [2.45, 2.75) is 136 Å². The van der Waals surface area contributed by atoms with Crippen LogP contribution >= 0.6 is 8.17 Å². The minimum Gasteiger partial charge on any atom is -0.606 e. The third-order valence-electron chi connectivity index (χ3n) is 6.80. The van der Waals surface area contributed by atoms with Crippen molar-refractivity contribution < 1.29 is 42.4 Å². The summed E-state index contributed by atoms with van der Waals surface area (Å²) in [5, 5.41) is 0. The minimum absolute atomic E-state index is 0.0320. The molecule has 0 fully saturated rings. The molecule has 2 atom stereocenters. The number of carbonyl (C=O) groups is 2. The predicted octanol–water partition coefficient (Wildman–Crippen LogP) is 6.83. The van der Waals surface area contributed by atoms with E-state index in [2.05, 4.69) is 26.0 Å². The van der Waals surface area contributed by atoms with Crippen LogP contribution in [0.5, 0.6) is 0 Å². The molecule has 9 nitrogen and oxygen atoms in total. The molecule has 0 rings (SSSR count). The molecule has 1 unspecified atom stereocenters. The van der Waals surface area contributed by atoms with Crippen LogP contribution in [0, 0.1) is 0 Å². The molecule has 0 aliphatic heterocycles. The van der Waals surface area contributed by atoms with Crippen molar-refractivity contribution in [3.05, 3.63) is 12.2 Å². The van der Waals surface area contributed by atoms with Crippen LogP contribution in [0.25, 0.3) is 0 Å². The fourth-order valence-corrected chi connectivity index (χ4v) is 4.86. The Morgan fingerprint density at radius 2 is 1.24 bits per heavy atom. The molecule has 0 radical (unpaired) electrons. The Hall–Kier alpha value is -1.09. The third kappa shape index (κ3) is 29.0. The molecule has 0 amide bonds. The van der Waals surface area contributed by atoms with Crippen LogP contribution in [0.3, 0.4) is 0 Å². The third-order valence-corrected chi connectivity index (χ3v) is 7.78. The van der Waals surface area contributed by atoms with Crippen molar-refractivity contribution in [2.24, 2.45) is 0 Å². The molecule has 10 heteroatoms. The zero-order chi connectivity index (χ0) is 31.5. The Kier molecular flexibility index (Phi) is 25.6. The topological polar surface area (TPSA) is 114 Å². The largest absolute Gasteiger partial charge is 0.606 e. The van der Waals surface area contributed by atoms with Gasteiger partial charge in [0.15, 0.2) is 6.10 Å². The van der Waals surface area contributed by atoms with Gasteiger partial charge in [-0.25, -0.2) is 0 Å². The fourth-order valence-electron chi connectivity index (χ4n) is 4.12. The van der Waals surface area contributed by atoms with Crippen LogP contribution in [0.4, 0.5) is 0 Å². The second-order valence-corrected chi connectivity index (χ2v) is 13.7. The highest BCUT2D eigenvalue weighted by atomic mass is 31.2. The second kappa shape index (κ2) is 26.3. The van der Waals surface area contributed by atoms with Gasteiger partial charge in [0, 0.05) is 12.8 Å². The van der Waals surface area contributed by atoms with Gasteiger partial charge in [-0.05, 0) is 38.5 Å². The summed E-state index contributed by atoms with van der Waals surface area (Å²) < 4.78 is 21.5. The highest BCUT2D eigenvalue weighted by Gasteiger charge is 2.31. The normalized spacial score (nSPS) is 14.2. The van der Waals surface area contributed by atoms with Gasteiger partial charge in [-0.3, -0.25) is 9.59 Å². The first-order chi connectivity index (χ1) is 20.0. The maximum atomic E-state index is 12.4. The summed E-state index contributed by atoms with van der Waals surface area (Å²) >= 11 is 0. The average Bonchev–Trinajstić information content (AvgIpc) is 2.91. The number of ether oxygens (including phenoxy) is 2. The zero-order valence-electron chi connectivity index (χ0n) is 27.5. The van der Waals surface area contributed by atoms with Crippen molar-refractivity contribution in [3.8, 4) is 0 Å². The van der Waals surface area contributed by atoms with Gasteiger partial charge in [-0.15, -0.1) is 0 Å². The van der Waals surface area contributed by atoms with Crippen LogP contribution in [0.15, 0.2) is 12.2 Å². The predicted molar refractivity (Wildman–Crippen MR) is 168 cm³/mol. The van der Waals surface area contributed by atoms with Crippen LogP contribution < -0.4 is 4.89 Å². The lowest BCUT2D eigenvalue weighted by molar-refractivity contribution is -0.870. The number of likely N-dealkylation sites (N-methyl/N-ethyl adjacent to an activating group) is 1. The molecule has 1 N–H and O–H groups in total. The molecule has 0 aliphatic carbocycles. The van der Waals surface area contributed by atoms with Gasteiger partial charge in [0.2, 0.25) is 0 Å². The summed E-state index contributed by atoms with van der Waals surface area (Å²) in [6, 6.07) is 0. The number of phosphoric acid groups is 1. The van der Waals surface area contributed by atoms with Gasteiger partial charge in [-0.2, -0.15) is 13.9 Å². The van der Waals surface area contributed by atoms with Gasteiger partial charge in [0.25, 0.3) is 0 Å². The summed E-state index contributed by atoms with van der Waals surface area (Å²) in [7, 11) is 1.47. The summed E-state index contributed by atoms with van der Waals surface area (Å²) in [6.07, 6.45) is 21.6. The number of nitrogens with zero attached hydrogens (tertiary/aromatic N) is 1. The number of allylic oxidation sites excluding steroid dienone is 2. The molecule has 0 aromatic heterocycles. The molecule has 0 heterocycles. The Bertz CT molecular complexity index is 696. The Labute approximate surface area is 257 Å². The van der Waals surface area contributed by atoms with E-state index >= 15 is 0 Å². The summed E-state index contributed by atoms with van der Waals surface area (Å²) in [4.78, 5) is 47.0. The van der Waals surface area contributed by atoms with Gasteiger partial charge >= 0.3 is 20.1 Å². The summed E-state index contributed by atoms with van der Waals surface area (Å²) in [5.74, 6) is -0.825. The number of rotatable bonds is 29. The van der Waals surface area contributed by atoms with Gasteiger partial charge in [0.1, 0.15) is 26.4 Å². The van der Waals surface area contributed by atoms with Gasteiger partial charge < -0.3 is 18.9 Å². The molecule has 0 saturated carbocycles. The fraction of sp³-hybridized carbons (Fsp3) is 0.875. The van der Waals surface area contributed by atoms with Crippen molar-refractivity contribution in [3.63, 3.8) is 0 Å².